The van der Waals surface area contributed by atoms with Gasteiger partial charge in [-0.25, -0.2) is 9.48 Å². The number of hydrogen-bond donors (Lipinski definition) is 1. The molecule has 0 spiro atoms. The Morgan fingerprint density at radius 2 is 2.36 bits per heavy atom. The van der Waals surface area contributed by atoms with E-state index in [1.807, 2.05) is 11.4 Å². The van der Waals surface area contributed by atoms with E-state index in [9.17, 15) is 10.1 Å². The Morgan fingerprint density at radius 1 is 1.57 bits per heavy atom. The Balaban J connectivity index is 1.91. The molecule has 0 unspecified atom stereocenters. The number of carbonyl (C=O) groups excluding carboxylic acids is 1. The van der Waals surface area contributed by atoms with Crippen molar-refractivity contribution >= 4 is 29.1 Å². The van der Waals surface area contributed by atoms with Crippen LogP contribution < -0.4 is 5.73 Å². The van der Waals surface area contributed by atoms with Gasteiger partial charge in [0, 0.05) is 17.7 Å². The van der Waals surface area contributed by atoms with Crippen LogP contribution in [0.25, 0.3) is 0 Å². The lowest BCUT2D eigenvalue weighted by molar-refractivity contribution is -0.139. The second-order valence-electron chi connectivity index (χ2n) is 5.85. The smallest absolute Gasteiger partial charge is 0.338 e. The SMILES string of the molecule is CCOC(=O)C1=C(C)OC(N)=C(C#N)[C@H]1c1cc(CSc2nnnn2C)cs1. The molecule has 0 saturated heterocycles. The van der Waals surface area contributed by atoms with E-state index in [1.54, 1.807) is 25.6 Å². The van der Waals surface area contributed by atoms with Crippen molar-refractivity contribution < 1.29 is 14.3 Å². The lowest BCUT2D eigenvalue weighted by atomic mass is 9.87. The van der Waals surface area contributed by atoms with Crippen molar-refractivity contribution in [3.05, 3.63) is 44.7 Å². The van der Waals surface area contributed by atoms with Gasteiger partial charge in [-0.2, -0.15) is 5.26 Å². The fraction of sp³-hybridized carbons (Fsp3) is 0.353. The number of rotatable bonds is 6. The van der Waals surface area contributed by atoms with Crippen LogP contribution in [0.1, 0.15) is 30.2 Å². The zero-order valence-electron chi connectivity index (χ0n) is 15.5. The molecule has 0 amide bonds. The minimum absolute atomic E-state index is 0.00697. The van der Waals surface area contributed by atoms with E-state index in [4.69, 9.17) is 15.2 Å². The molecule has 0 fully saturated rings. The maximum atomic E-state index is 12.5. The molecule has 1 atom stereocenters. The number of aromatic nitrogens is 4. The van der Waals surface area contributed by atoms with Crippen molar-refractivity contribution in [3.63, 3.8) is 0 Å². The van der Waals surface area contributed by atoms with Crippen molar-refractivity contribution in [1.82, 2.24) is 20.2 Å². The monoisotopic (exact) mass is 418 g/mol. The summed E-state index contributed by atoms with van der Waals surface area (Å²) in [5, 5.41) is 23.6. The highest BCUT2D eigenvalue weighted by Gasteiger charge is 2.37. The molecule has 0 saturated carbocycles. The van der Waals surface area contributed by atoms with E-state index >= 15 is 0 Å². The van der Waals surface area contributed by atoms with Gasteiger partial charge in [0.2, 0.25) is 11.0 Å². The fourth-order valence-electron chi connectivity index (χ4n) is 2.75. The summed E-state index contributed by atoms with van der Waals surface area (Å²) in [6.07, 6.45) is 0. The molecule has 1 aliphatic rings. The predicted octanol–water partition coefficient (Wildman–Crippen LogP) is 2.21. The Hall–Kier alpha value is -2.84. The third kappa shape index (κ3) is 3.88. The summed E-state index contributed by atoms with van der Waals surface area (Å²) in [6.45, 7) is 3.59. The lowest BCUT2D eigenvalue weighted by Crippen LogP contribution is -2.25. The molecule has 0 bridgehead atoms. The summed E-state index contributed by atoms with van der Waals surface area (Å²) in [5.41, 5.74) is 7.44. The van der Waals surface area contributed by atoms with Gasteiger partial charge in [0.05, 0.1) is 18.1 Å². The summed E-state index contributed by atoms with van der Waals surface area (Å²) in [5.74, 6) is -0.133. The number of carbonyl (C=O) groups is 1. The highest BCUT2D eigenvalue weighted by molar-refractivity contribution is 7.98. The fourth-order valence-corrected chi connectivity index (χ4v) is 4.67. The maximum Gasteiger partial charge on any atom is 0.338 e. The number of allylic oxidation sites excluding steroid dienone is 2. The molecule has 0 aromatic carbocycles. The summed E-state index contributed by atoms with van der Waals surface area (Å²) < 4.78 is 12.2. The number of nitriles is 1. The second-order valence-corrected chi connectivity index (χ2v) is 7.73. The average Bonchev–Trinajstić information content (AvgIpc) is 3.28. The molecular formula is C17H18N6O3S2. The van der Waals surface area contributed by atoms with Crippen LogP contribution in [0.5, 0.6) is 0 Å². The first kappa shape index (κ1) is 19.9. The standard InChI is InChI=1S/C17H18N6O3S2/c1-4-25-16(24)13-9(2)26-15(19)11(6-18)14(13)12-5-10(7-27-12)8-28-17-20-21-22-23(17)3/h5,7,14H,4,8,19H2,1-3H3/t14-/m0/s1. The molecule has 28 heavy (non-hydrogen) atoms. The number of aryl methyl sites for hydroxylation is 1. The summed E-state index contributed by atoms with van der Waals surface area (Å²) >= 11 is 2.94. The molecule has 2 N–H and O–H groups in total. The number of tetrazole rings is 1. The van der Waals surface area contributed by atoms with Gasteiger partial charge in [-0.05, 0) is 41.3 Å². The van der Waals surface area contributed by atoms with Crippen LogP contribution >= 0.6 is 23.1 Å². The van der Waals surface area contributed by atoms with E-state index in [1.165, 1.54) is 23.1 Å². The van der Waals surface area contributed by atoms with Crippen LogP contribution in [-0.4, -0.2) is 32.8 Å². The van der Waals surface area contributed by atoms with E-state index in [2.05, 4.69) is 21.6 Å². The van der Waals surface area contributed by atoms with E-state index in [-0.39, 0.29) is 18.1 Å². The van der Waals surface area contributed by atoms with Gasteiger partial charge in [0.1, 0.15) is 17.4 Å². The number of thiophene rings is 1. The topological polar surface area (TPSA) is 129 Å². The van der Waals surface area contributed by atoms with Crippen LogP contribution in [0.15, 0.2) is 39.4 Å². The third-order valence-electron chi connectivity index (χ3n) is 4.01. The Morgan fingerprint density at radius 3 is 3.00 bits per heavy atom. The second kappa shape index (κ2) is 8.45. The molecule has 2 aromatic heterocycles. The molecule has 3 rings (SSSR count). The maximum absolute atomic E-state index is 12.5. The number of hydrogen-bond acceptors (Lipinski definition) is 10. The quantitative estimate of drug-likeness (QED) is 0.554. The van der Waals surface area contributed by atoms with E-state index in [0.717, 1.165) is 10.4 Å². The van der Waals surface area contributed by atoms with E-state index < -0.39 is 11.9 Å². The van der Waals surface area contributed by atoms with Gasteiger partial charge in [-0.15, -0.1) is 16.4 Å². The molecule has 1 aliphatic heterocycles. The number of nitrogens with two attached hydrogens (primary N) is 1. The zero-order chi connectivity index (χ0) is 20.3. The van der Waals surface area contributed by atoms with Gasteiger partial charge < -0.3 is 15.2 Å². The first-order valence-electron chi connectivity index (χ1n) is 8.34. The molecule has 9 nitrogen and oxygen atoms in total. The highest BCUT2D eigenvalue weighted by Crippen LogP contribution is 2.42. The van der Waals surface area contributed by atoms with Crippen LogP contribution in [-0.2, 0) is 27.1 Å². The third-order valence-corrected chi connectivity index (χ3v) is 6.14. The summed E-state index contributed by atoms with van der Waals surface area (Å²) in [6, 6.07) is 4.03. The van der Waals surface area contributed by atoms with Crippen LogP contribution in [0.4, 0.5) is 0 Å². The molecule has 11 heteroatoms. The van der Waals surface area contributed by atoms with Gasteiger partial charge in [0.25, 0.3) is 0 Å². The summed E-state index contributed by atoms with van der Waals surface area (Å²) in [7, 11) is 1.77. The van der Waals surface area contributed by atoms with E-state index in [0.29, 0.717) is 22.2 Å². The first-order chi connectivity index (χ1) is 13.5. The summed E-state index contributed by atoms with van der Waals surface area (Å²) in [4.78, 5) is 13.3. The molecule has 0 aliphatic carbocycles. The van der Waals surface area contributed by atoms with Gasteiger partial charge >= 0.3 is 5.97 Å². The van der Waals surface area contributed by atoms with Gasteiger partial charge in [0.15, 0.2) is 0 Å². The van der Waals surface area contributed by atoms with Crippen molar-refractivity contribution in [2.75, 3.05) is 6.61 Å². The molecule has 146 valence electrons. The normalized spacial score (nSPS) is 16.7. The lowest BCUT2D eigenvalue weighted by Gasteiger charge is -2.25. The van der Waals surface area contributed by atoms with Gasteiger partial charge in [-0.1, -0.05) is 11.8 Å². The Labute approximate surface area is 169 Å². The largest absolute Gasteiger partial charge is 0.463 e. The minimum atomic E-state index is -0.613. The average molecular weight is 419 g/mol. The number of esters is 1. The number of nitrogens with zero attached hydrogens (tertiary/aromatic N) is 5. The van der Waals surface area contributed by atoms with Crippen LogP contribution in [0.2, 0.25) is 0 Å². The molecule has 0 radical (unpaired) electrons. The van der Waals surface area contributed by atoms with Crippen molar-refractivity contribution in [1.29, 1.82) is 5.26 Å². The first-order valence-corrected chi connectivity index (χ1v) is 10.2. The number of thioether (sulfide) groups is 1. The van der Waals surface area contributed by atoms with Gasteiger partial charge in [-0.3, -0.25) is 0 Å². The van der Waals surface area contributed by atoms with Crippen LogP contribution in [0, 0.1) is 11.3 Å². The van der Waals surface area contributed by atoms with Crippen molar-refractivity contribution in [2.45, 2.75) is 30.7 Å². The molecule has 3 heterocycles. The van der Waals surface area contributed by atoms with Crippen LogP contribution in [0.3, 0.4) is 0 Å². The Kier molecular flexibility index (Phi) is 6.01. The zero-order valence-corrected chi connectivity index (χ0v) is 17.1. The highest BCUT2D eigenvalue weighted by atomic mass is 32.2. The van der Waals surface area contributed by atoms with Crippen molar-refractivity contribution in [3.8, 4) is 6.07 Å². The minimum Gasteiger partial charge on any atom is -0.463 e. The molecular weight excluding hydrogens is 400 g/mol. The molecule has 2 aromatic rings. The predicted molar refractivity (Wildman–Crippen MR) is 103 cm³/mol. The van der Waals surface area contributed by atoms with Crippen molar-refractivity contribution in [2.24, 2.45) is 12.8 Å². The number of ether oxygens (including phenoxy) is 2. The Bertz CT molecular complexity index is 1000.